The predicted molar refractivity (Wildman–Crippen MR) is 46.6 cm³/mol. The van der Waals surface area contributed by atoms with Gasteiger partial charge in [-0.05, 0) is 23.6 Å². The number of halogens is 1. The highest BCUT2D eigenvalue weighted by molar-refractivity contribution is 6.21. The minimum atomic E-state index is -0.0417. The lowest BCUT2D eigenvalue weighted by molar-refractivity contribution is 1.04. The summed E-state index contributed by atoms with van der Waals surface area (Å²) in [6, 6.07) is 8.23. The first kappa shape index (κ1) is 6.93. The van der Waals surface area contributed by atoms with E-state index in [1.165, 1.54) is 11.1 Å². The van der Waals surface area contributed by atoms with Gasteiger partial charge in [-0.2, -0.15) is 0 Å². The van der Waals surface area contributed by atoms with Crippen LogP contribution in [0.4, 0.5) is 0 Å². The molecule has 1 aliphatic rings. The van der Waals surface area contributed by atoms with Crippen molar-refractivity contribution in [3.63, 3.8) is 0 Å². The molecule has 0 aliphatic heterocycles. The topological polar surface area (TPSA) is 0 Å². The molecule has 1 radical (unpaired) electrons. The van der Waals surface area contributed by atoms with E-state index >= 15 is 0 Å². The molecule has 0 spiro atoms. The average Bonchev–Trinajstić information content (AvgIpc) is 2.06. The molecular weight excluding hydrogens is 156 g/mol. The third-order valence-electron chi connectivity index (χ3n) is 1.91. The van der Waals surface area contributed by atoms with Gasteiger partial charge >= 0.3 is 0 Å². The summed E-state index contributed by atoms with van der Waals surface area (Å²) in [6.45, 7) is 0. The van der Waals surface area contributed by atoms with Crippen LogP contribution in [0.25, 0.3) is 0 Å². The van der Waals surface area contributed by atoms with E-state index < -0.39 is 0 Å². The normalized spacial score (nSPS) is 21.4. The molecule has 0 bridgehead atoms. The Morgan fingerprint density at radius 2 is 2.18 bits per heavy atom. The lowest BCUT2D eigenvalue weighted by Crippen LogP contribution is -1.99. The summed E-state index contributed by atoms with van der Waals surface area (Å²) in [4.78, 5) is 0. The summed E-state index contributed by atoms with van der Waals surface area (Å²) >= 11 is 6.00. The first-order valence-electron chi connectivity index (χ1n) is 3.67. The second-order valence-electron chi connectivity index (χ2n) is 2.64. The third-order valence-corrected chi connectivity index (χ3v) is 2.28. The SMILES string of the molecule is ClC1[C]=CCc2ccccc21. The molecule has 1 unspecified atom stereocenters. The molecule has 1 aliphatic carbocycles. The van der Waals surface area contributed by atoms with Crippen molar-refractivity contribution in [2.45, 2.75) is 11.8 Å². The molecule has 2 rings (SSSR count). The summed E-state index contributed by atoms with van der Waals surface area (Å²) in [5.74, 6) is 0. The lowest BCUT2D eigenvalue weighted by Gasteiger charge is -2.13. The van der Waals surface area contributed by atoms with Gasteiger partial charge in [0.25, 0.3) is 0 Å². The van der Waals surface area contributed by atoms with E-state index in [1.54, 1.807) is 0 Å². The van der Waals surface area contributed by atoms with Crippen LogP contribution in [0.2, 0.25) is 0 Å². The first-order chi connectivity index (χ1) is 5.38. The number of benzene rings is 1. The number of hydrogen-bond acceptors (Lipinski definition) is 0. The van der Waals surface area contributed by atoms with Crippen molar-refractivity contribution in [2.24, 2.45) is 0 Å². The highest BCUT2D eigenvalue weighted by Crippen LogP contribution is 2.28. The fourth-order valence-electron chi connectivity index (χ4n) is 1.33. The van der Waals surface area contributed by atoms with E-state index in [0.717, 1.165) is 6.42 Å². The van der Waals surface area contributed by atoms with Crippen LogP contribution in [-0.4, -0.2) is 0 Å². The second-order valence-corrected chi connectivity index (χ2v) is 3.07. The Balaban J connectivity index is 2.50. The Morgan fingerprint density at radius 1 is 1.36 bits per heavy atom. The molecule has 11 heavy (non-hydrogen) atoms. The van der Waals surface area contributed by atoms with Gasteiger partial charge in [0.2, 0.25) is 0 Å². The molecule has 1 aromatic carbocycles. The van der Waals surface area contributed by atoms with Gasteiger partial charge in [-0.15, -0.1) is 11.6 Å². The molecular formula is C10H8Cl. The molecule has 0 fully saturated rings. The molecule has 0 amide bonds. The van der Waals surface area contributed by atoms with Crippen molar-refractivity contribution in [2.75, 3.05) is 0 Å². The van der Waals surface area contributed by atoms with Crippen molar-refractivity contribution in [3.8, 4) is 0 Å². The molecule has 0 aromatic heterocycles. The Kier molecular flexibility index (Phi) is 1.71. The van der Waals surface area contributed by atoms with Gasteiger partial charge in [-0.1, -0.05) is 30.3 Å². The molecule has 0 N–H and O–H groups in total. The van der Waals surface area contributed by atoms with Gasteiger partial charge in [0, 0.05) is 0 Å². The Hall–Kier alpha value is -0.750. The second kappa shape index (κ2) is 2.71. The highest BCUT2D eigenvalue weighted by Gasteiger charge is 2.11. The Morgan fingerprint density at radius 3 is 3.00 bits per heavy atom. The molecule has 55 valence electrons. The Bertz CT molecular complexity index is 289. The maximum absolute atomic E-state index is 6.00. The van der Waals surface area contributed by atoms with E-state index in [1.807, 2.05) is 18.2 Å². The number of allylic oxidation sites excluding steroid dienone is 2. The van der Waals surface area contributed by atoms with Crippen LogP contribution in [0.1, 0.15) is 16.5 Å². The summed E-state index contributed by atoms with van der Waals surface area (Å²) < 4.78 is 0. The highest BCUT2D eigenvalue weighted by atomic mass is 35.5. The Labute approximate surface area is 71.5 Å². The van der Waals surface area contributed by atoms with Crippen molar-refractivity contribution in [1.82, 2.24) is 0 Å². The maximum Gasteiger partial charge on any atom is 0.0838 e. The monoisotopic (exact) mass is 163 g/mol. The first-order valence-corrected chi connectivity index (χ1v) is 4.11. The van der Waals surface area contributed by atoms with Gasteiger partial charge in [0.05, 0.1) is 5.38 Å². The number of fused-ring (bicyclic) bond motifs is 1. The van der Waals surface area contributed by atoms with Crippen molar-refractivity contribution >= 4 is 11.6 Å². The predicted octanol–water partition coefficient (Wildman–Crippen LogP) is 2.88. The number of rotatable bonds is 0. The zero-order valence-corrected chi connectivity index (χ0v) is 6.81. The minimum absolute atomic E-state index is 0.0417. The fraction of sp³-hybridized carbons (Fsp3) is 0.200. The zero-order valence-electron chi connectivity index (χ0n) is 6.05. The van der Waals surface area contributed by atoms with Crippen molar-refractivity contribution in [1.29, 1.82) is 0 Å². The van der Waals surface area contributed by atoms with Crippen LogP contribution in [-0.2, 0) is 6.42 Å². The maximum atomic E-state index is 6.00. The van der Waals surface area contributed by atoms with Gasteiger partial charge < -0.3 is 0 Å². The average molecular weight is 164 g/mol. The number of hydrogen-bond donors (Lipinski definition) is 0. The van der Waals surface area contributed by atoms with Crippen molar-refractivity contribution < 1.29 is 0 Å². The van der Waals surface area contributed by atoms with Crippen LogP contribution in [0.3, 0.4) is 0 Å². The van der Waals surface area contributed by atoms with Crippen LogP contribution < -0.4 is 0 Å². The van der Waals surface area contributed by atoms with E-state index in [2.05, 4.69) is 18.2 Å². The summed E-state index contributed by atoms with van der Waals surface area (Å²) in [6.07, 6.45) is 6.05. The molecule has 1 heteroatoms. The van der Waals surface area contributed by atoms with E-state index in [9.17, 15) is 0 Å². The molecule has 0 nitrogen and oxygen atoms in total. The van der Waals surface area contributed by atoms with E-state index in [-0.39, 0.29) is 5.38 Å². The quantitative estimate of drug-likeness (QED) is 0.516. The fourth-order valence-corrected chi connectivity index (χ4v) is 1.63. The van der Waals surface area contributed by atoms with Gasteiger partial charge in [0.1, 0.15) is 0 Å². The molecule has 1 atom stereocenters. The van der Waals surface area contributed by atoms with Gasteiger partial charge in [-0.25, -0.2) is 0 Å². The molecule has 0 heterocycles. The van der Waals surface area contributed by atoms with Crippen LogP contribution in [0, 0.1) is 6.08 Å². The molecule has 0 saturated heterocycles. The van der Waals surface area contributed by atoms with Crippen LogP contribution in [0.5, 0.6) is 0 Å². The largest absolute Gasteiger partial charge is 0.113 e. The molecule has 0 saturated carbocycles. The lowest BCUT2D eigenvalue weighted by atomic mass is 9.97. The number of alkyl halides is 1. The minimum Gasteiger partial charge on any atom is -0.113 e. The third kappa shape index (κ3) is 1.19. The summed E-state index contributed by atoms with van der Waals surface area (Å²) in [7, 11) is 0. The van der Waals surface area contributed by atoms with Gasteiger partial charge in [0.15, 0.2) is 0 Å². The molecule has 1 aromatic rings. The van der Waals surface area contributed by atoms with Crippen LogP contribution >= 0.6 is 11.6 Å². The zero-order chi connectivity index (χ0) is 7.68. The van der Waals surface area contributed by atoms with E-state index in [4.69, 9.17) is 11.6 Å². The van der Waals surface area contributed by atoms with Crippen molar-refractivity contribution in [3.05, 3.63) is 47.5 Å². The summed E-state index contributed by atoms with van der Waals surface area (Å²) in [5, 5.41) is -0.0417. The van der Waals surface area contributed by atoms with Gasteiger partial charge in [-0.3, -0.25) is 0 Å². The standard InChI is InChI=1S/C10H8Cl/c11-10-7-3-5-8-4-1-2-6-9(8)10/h1-4,6,10H,5H2. The smallest absolute Gasteiger partial charge is 0.0838 e. The summed E-state index contributed by atoms with van der Waals surface area (Å²) in [5.41, 5.74) is 2.53. The van der Waals surface area contributed by atoms with Crippen LogP contribution in [0.15, 0.2) is 30.3 Å². The van der Waals surface area contributed by atoms with E-state index in [0.29, 0.717) is 0 Å².